The fourth-order valence-corrected chi connectivity index (χ4v) is 1.77. The molecule has 0 aliphatic carbocycles. The molecule has 64 valence electrons. The average Bonchev–Trinajstić information content (AvgIpc) is 2.15. The molecule has 2 atom stereocenters. The van der Waals surface area contributed by atoms with Crippen LogP contribution in [0.15, 0.2) is 24.5 Å². The van der Waals surface area contributed by atoms with E-state index in [-0.39, 0.29) is 0 Å². The molecule has 2 heterocycles. The molecule has 1 aliphatic rings. The lowest BCUT2D eigenvalue weighted by atomic mass is 9.90. The summed E-state index contributed by atoms with van der Waals surface area (Å²) < 4.78 is 0. The van der Waals surface area contributed by atoms with Gasteiger partial charge in [-0.25, -0.2) is 0 Å². The summed E-state index contributed by atoms with van der Waals surface area (Å²) in [7, 11) is 2.17. The minimum atomic E-state index is 0.605. The molecule has 1 fully saturated rings. The van der Waals surface area contributed by atoms with Crippen LogP contribution in [0.5, 0.6) is 0 Å². The summed E-state index contributed by atoms with van der Waals surface area (Å²) in [5, 5.41) is 0. The zero-order chi connectivity index (χ0) is 8.55. The molecule has 0 N–H and O–H groups in total. The van der Waals surface area contributed by atoms with Gasteiger partial charge in [0.15, 0.2) is 0 Å². The number of pyridine rings is 1. The molecule has 0 amide bonds. The highest BCUT2D eigenvalue weighted by Gasteiger charge is 2.32. The first-order valence-corrected chi connectivity index (χ1v) is 4.41. The molecule has 2 rings (SSSR count). The Morgan fingerprint density at radius 3 is 2.92 bits per heavy atom. The predicted molar refractivity (Wildman–Crippen MR) is 48.8 cm³/mol. The standard InChI is InChI=1S/C10H14N2/c1-8-6-10(12(8)2)9-4-3-5-11-7-9/h3-5,7-8,10H,6H2,1-2H3/t8-,10-/m1/s1. The highest BCUT2D eigenvalue weighted by Crippen LogP contribution is 2.35. The zero-order valence-electron chi connectivity index (χ0n) is 7.57. The van der Waals surface area contributed by atoms with E-state index in [4.69, 9.17) is 0 Å². The first kappa shape index (κ1) is 7.74. The third-order valence-corrected chi connectivity index (χ3v) is 2.82. The average molecular weight is 162 g/mol. The lowest BCUT2D eigenvalue weighted by Gasteiger charge is -2.44. The molecule has 2 heteroatoms. The third-order valence-electron chi connectivity index (χ3n) is 2.82. The van der Waals surface area contributed by atoms with E-state index in [0.29, 0.717) is 6.04 Å². The molecule has 1 aromatic heterocycles. The van der Waals surface area contributed by atoms with Crippen molar-refractivity contribution in [3.63, 3.8) is 0 Å². The Balaban J connectivity index is 2.13. The van der Waals surface area contributed by atoms with Crippen LogP contribution < -0.4 is 0 Å². The van der Waals surface area contributed by atoms with Gasteiger partial charge in [0, 0.05) is 24.5 Å². The largest absolute Gasteiger partial charge is 0.297 e. The fraction of sp³-hybridized carbons (Fsp3) is 0.500. The van der Waals surface area contributed by atoms with Crippen LogP contribution in [0.25, 0.3) is 0 Å². The van der Waals surface area contributed by atoms with Crippen LogP contribution in [0.2, 0.25) is 0 Å². The van der Waals surface area contributed by atoms with E-state index in [1.807, 2.05) is 18.5 Å². The van der Waals surface area contributed by atoms with Gasteiger partial charge in [-0.15, -0.1) is 0 Å². The van der Waals surface area contributed by atoms with Gasteiger partial charge in [-0.05, 0) is 32.0 Å². The summed E-state index contributed by atoms with van der Waals surface area (Å²) in [6, 6.07) is 5.50. The Bertz CT molecular complexity index is 258. The van der Waals surface area contributed by atoms with Crippen LogP contribution in [-0.2, 0) is 0 Å². The summed E-state index contributed by atoms with van der Waals surface area (Å²) in [5.74, 6) is 0. The first-order chi connectivity index (χ1) is 5.79. The van der Waals surface area contributed by atoms with Gasteiger partial charge in [0.2, 0.25) is 0 Å². The Morgan fingerprint density at radius 2 is 2.42 bits per heavy atom. The van der Waals surface area contributed by atoms with Crippen LogP contribution in [0.3, 0.4) is 0 Å². The molecule has 0 unspecified atom stereocenters. The van der Waals surface area contributed by atoms with E-state index in [0.717, 1.165) is 6.04 Å². The SMILES string of the molecule is C[C@@H]1C[C@H](c2cccnc2)N1C. The van der Waals surface area contributed by atoms with Crippen LogP contribution in [0.4, 0.5) is 0 Å². The van der Waals surface area contributed by atoms with Gasteiger partial charge in [-0.2, -0.15) is 0 Å². The van der Waals surface area contributed by atoms with Gasteiger partial charge >= 0.3 is 0 Å². The fourth-order valence-electron chi connectivity index (χ4n) is 1.77. The van der Waals surface area contributed by atoms with Gasteiger partial charge in [0.05, 0.1) is 0 Å². The normalized spacial score (nSPS) is 29.8. The van der Waals surface area contributed by atoms with Crippen LogP contribution in [0.1, 0.15) is 24.9 Å². The summed E-state index contributed by atoms with van der Waals surface area (Å²) in [6.45, 7) is 2.26. The van der Waals surface area contributed by atoms with Crippen LogP contribution in [0, 0.1) is 0 Å². The second kappa shape index (κ2) is 2.87. The van der Waals surface area contributed by atoms with E-state index in [1.165, 1.54) is 12.0 Å². The van der Waals surface area contributed by atoms with Crippen molar-refractivity contribution in [2.45, 2.75) is 25.4 Å². The van der Waals surface area contributed by atoms with Crippen molar-refractivity contribution in [1.29, 1.82) is 0 Å². The molecule has 12 heavy (non-hydrogen) atoms. The Morgan fingerprint density at radius 1 is 1.58 bits per heavy atom. The van der Waals surface area contributed by atoms with Gasteiger partial charge in [0.1, 0.15) is 0 Å². The highest BCUT2D eigenvalue weighted by atomic mass is 15.2. The van der Waals surface area contributed by atoms with Crippen molar-refractivity contribution < 1.29 is 0 Å². The maximum Gasteiger partial charge on any atom is 0.0377 e. The second-order valence-electron chi connectivity index (χ2n) is 3.55. The van der Waals surface area contributed by atoms with Crippen LogP contribution in [-0.4, -0.2) is 23.0 Å². The Kier molecular flexibility index (Phi) is 1.85. The second-order valence-corrected chi connectivity index (χ2v) is 3.55. The summed E-state index contributed by atoms with van der Waals surface area (Å²) in [6.07, 6.45) is 5.06. The first-order valence-electron chi connectivity index (χ1n) is 4.41. The summed E-state index contributed by atoms with van der Waals surface area (Å²) in [5.41, 5.74) is 1.35. The van der Waals surface area contributed by atoms with Crippen molar-refractivity contribution in [2.24, 2.45) is 0 Å². The summed E-state index contributed by atoms with van der Waals surface area (Å²) in [4.78, 5) is 6.51. The molecule has 1 aromatic rings. The maximum absolute atomic E-state index is 4.12. The smallest absolute Gasteiger partial charge is 0.0377 e. The van der Waals surface area contributed by atoms with E-state index < -0.39 is 0 Å². The number of aromatic nitrogens is 1. The van der Waals surface area contributed by atoms with Crippen molar-refractivity contribution in [2.75, 3.05) is 7.05 Å². The molecule has 0 bridgehead atoms. The number of hydrogen-bond acceptors (Lipinski definition) is 2. The van der Waals surface area contributed by atoms with Crippen LogP contribution >= 0.6 is 0 Å². The maximum atomic E-state index is 4.12. The highest BCUT2D eigenvalue weighted by molar-refractivity contribution is 5.17. The minimum Gasteiger partial charge on any atom is -0.297 e. The number of likely N-dealkylation sites (tertiary alicyclic amines) is 1. The third kappa shape index (κ3) is 1.12. The van der Waals surface area contributed by atoms with Gasteiger partial charge < -0.3 is 0 Å². The van der Waals surface area contributed by atoms with Gasteiger partial charge in [0.25, 0.3) is 0 Å². The van der Waals surface area contributed by atoms with Crippen molar-refractivity contribution in [1.82, 2.24) is 9.88 Å². The minimum absolute atomic E-state index is 0.605. The lowest BCUT2D eigenvalue weighted by molar-refractivity contribution is 0.0557. The number of hydrogen-bond donors (Lipinski definition) is 0. The van der Waals surface area contributed by atoms with Crippen molar-refractivity contribution in [3.8, 4) is 0 Å². The zero-order valence-corrected chi connectivity index (χ0v) is 7.57. The van der Waals surface area contributed by atoms with Gasteiger partial charge in [-0.3, -0.25) is 9.88 Å². The molecule has 1 saturated heterocycles. The van der Waals surface area contributed by atoms with E-state index >= 15 is 0 Å². The van der Waals surface area contributed by atoms with E-state index in [2.05, 4.69) is 29.9 Å². The topological polar surface area (TPSA) is 16.1 Å². The molecular weight excluding hydrogens is 148 g/mol. The molecule has 0 aromatic carbocycles. The molecule has 0 spiro atoms. The van der Waals surface area contributed by atoms with E-state index in [1.54, 1.807) is 0 Å². The summed E-state index contributed by atoms with van der Waals surface area (Å²) >= 11 is 0. The number of rotatable bonds is 1. The molecule has 2 nitrogen and oxygen atoms in total. The number of nitrogens with zero attached hydrogens (tertiary/aromatic N) is 2. The van der Waals surface area contributed by atoms with Crippen molar-refractivity contribution >= 4 is 0 Å². The quantitative estimate of drug-likeness (QED) is 0.626. The van der Waals surface area contributed by atoms with E-state index in [9.17, 15) is 0 Å². The molecular formula is C10H14N2. The Hall–Kier alpha value is -0.890. The monoisotopic (exact) mass is 162 g/mol. The predicted octanol–water partition coefficient (Wildman–Crippen LogP) is 1.85. The molecule has 1 aliphatic heterocycles. The molecule has 0 radical (unpaired) electrons. The Labute approximate surface area is 73.2 Å². The van der Waals surface area contributed by atoms with Crippen molar-refractivity contribution in [3.05, 3.63) is 30.1 Å². The van der Waals surface area contributed by atoms with Gasteiger partial charge in [-0.1, -0.05) is 6.07 Å². The molecule has 0 saturated carbocycles. The lowest BCUT2D eigenvalue weighted by Crippen LogP contribution is -2.45.